The summed E-state index contributed by atoms with van der Waals surface area (Å²) < 4.78 is 4.98. The van der Waals surface area contributed by atoms with Gasteiger partial charge in [-0.2, -0.15) is 0 Å². The highest BCUT2D eigenvalue weighted by Crippen LogP contribution is 2.12. The second-order valence-corrected chi connectivity index (χ2v) is 4.25. The van der Waals surface area contributed by atoms with Crippen LogP contribution in [0.5, 0.6) is 0 Å². The lowest BCUT2D eigenvalue weighted by Crippen LogP contribution is -2.50. The maximum Gasteiger partial charge on any atom is 0.320 e. The van der Waals surface area contributed by atoms with Crippen molar-refractivity contribution in [2.45, 2.75) is 31.8 Å². The van der Waals surface area contributed by atoms with E-state index in [4.69, 9.17) is 4.74 Å². The highest BCUT2D eigenvalue weighted by Gasteiger charge is 2.27. The highest BCUT2D eigenvalue weighted by atomic mass is 16.5. The summed E-state index contributed by atoms with van der Waals surface area (Å²) in [7, 11) is 0. The Kier molecular flexibility index (Phi) is 3.03. The van der Waals surface area contributed by atoms with Gasteiger partial charge in [0, 0.05) is 18.6 Å². The number of nitrogens with zero attached hydrogens (tertiary/aromatic N) is 1. The maximum atomic E-state index is 11.1. The van der Waals surface area contributed by atoms with Gasteiger partial charge in [-0.15, -0.1) is 0 Å². The van der Waals surface area contributed by atoms with Gasteiger partial charge >= 0.3 is 5.97 Å². The first-order valence-electron chi connectivity index (χ1n) is 5.39. The number of hydrogen-bond acceptors (Lipinski definition) is 4. The van der Waals surface area contributed by atoms with Crippen molar-refractivity contribution in [1.29, 1.82) is 0 Å². The molecule has 0 aromatic carbocycles. The molecule has 2 saturated heterocycles. The number of nitrogens with one attached hydrogen (secondary N) is 1. The Hall–Kier alpha value is -0.610. The third-order valence-electron chi connectivity index (χ3n) is 3.06. The number of carbonyl (C=O) groups excluding carboxylic acids is 1. The summed E-state index contributed by atoms with van der Waals surface area (Å²) in [6.07, 6.45) is 2.50. The lowest BCUT2D eigenvalue weighted by atomic mass is 10.1. The van der Waals surface area contributed by atoms with E-state index in [9.17, 15) is 4.79 Å². The SMILES string of the molecule is CC1COC(=O)CN1CC1CCCN1. The summed E-state index contributed by atoms with van der Waals surface area (Å²) in [4.78, 5) is 13.3. The molecule has 2 atom stereocenters. The summed E-state index contributed by atoms with van der Waals surface area (Å²) in [6, 6.07) is 0.943. The highest BCUT2D eigenvalue weighted by molar-refractivity contribution is 5.72. The third-order valence-corrected chi connectivity index (χ3v) is 3.06. The van der Waals surface area contributed by atoms with Gasteiger partial charge < -0.3 is 10.1 Å². The van der Waals surface area contributed by atoms with Crippen LogP contribution in [0.1, 0.15) is 19.8 Å². The monoisotopic (exact) mass is 198 g/mol. The predicted molar refractivity (Wildman–Crippen MR) is 53.0 cm³/mol. The Balaban J connectivity index is 1.84. The standard InChI is InChI=1S/C10H18N2O2/c1-8-7-14-10(13)6-12(8)5-9-3-2-4-11-9/h8-9,11H,2-7H2,1H3. The molecule has 2 aliphatic heterocycles. The maximum absolute atomic E-state index is 11.1. The van der Waals surface area contributed by atoms with Crippen LogP contribution in [0.15, 0.2) is 0 Å². The predicted octanol–water partition coefficient (Wildman–Crippen LogP) is -0.0143. The molecular formula is C10H18N2O2. The lowest BCUT2D eigenvalue weighted by molar-refractivity contribution is -0.154. The number of morpholine rings is 1. The molecule has 2 aliphatic rings. The van der Waals surface area contributed by atoms with Crippen LogP contribution in [0.3, 0.4) is 0 Å². The molecule has 1 N–H and O–H groups in total. The van der Waals surface area contributed by atoms with E-state index in [-0.39, 0.29) is 5.97 Å². The molecule has 4 nitrogen and oxygen atoms in total. The molecule has 2 heterocycles. The Morgan fingerprint density at radius 1 is 1.64 bits per heavy atom. The van der Waals surface area contributed by atoms with Gasteiger partial charge in [0.15, 0.2) is 0 Å². The van der Waals surface area contributed by atoms with E-state index < -0.39 is 0 Å². The number of hydrogen-bond donors (Lipinski definition) is 1. The molecule has 0 aromatic rings. The zero-order valence-electron chi connectivity index (χ0n) is 8.66. The minimum Gasteiger partial charge on any atom is -0.463 e. The van der Waals surface area contributed by atoms with E-state index in [1.807, 2.05) is 0 Å². The first-order chi connectivity index (χ1) is 6.75. The molecule has 0 saturated carbocycles. The van der Waals surface area contributed by atoms with Crippen LogP contribution < -0.4 is 5.32 Å². The van der Waals surface area contributed by atoms with Crippen molar-refractivity contribution >= 4 is 5.97 Å². The second-order valence-electron chi connectivity index (χ2n) is 4.25. The van der Waals surface area contributed by atoms with Crippen LogP contribution in [-0.2, 0) is 9.53 Å². The fourth-order valence-electron chi connectivity index (χ4n) is 2.13. The van der Waals surface area contributed by atoms with Crippen molar-refractivity contribution in [3.05, 3.63) is 0 Å². The largest absolute Gasteiger partial charge is 0.463 e. The van der Waals surface area contributed by atoms with Crippen molar-refractivity contribution in [3.8, 4) is 0 Å². The molecule has 80 valence electrons. The summed E-state index contributed by atoms with van der Waals surface area (Å²) in [5, 5.41) is 3.45. The fourth-order valence-corrected chi connectivity index (χ4v) is 2.13. The summed E-state index contributed by atoms with van der Waals surface area (Å²) in [5.74, 6) is -0.0823. The first kappa shape index (κ1) is 9.93. The van der Waals surface area contributed by atoms with E-state index in [1.54, 1.807) is 0 Å². The average molecular weight is 198 g/mol. The Morgan fingerprint density at radius 3 is 3.21 bits per heavy atom. The molecule has 0 radical (unpaired) electrons. The number of cyclic esters (lactones) is 1. The Bertz CT molecular complexity index is 214. The van der Waals surface area contributed by atoms with E-state index in [0.717, 1.165) is 13.1 Å². The number of carbonyl (C=O) groups is 1. The smallest absolute Gasteiger partial charge is 0.320 e. The number of ether oxygens (including phenoxy) is 1. The van der Waals surface area contributed by atoms with Crippen LogP contribution in [0.4, 0.5) is 0 Å². The number of rotatable bonds is 2. The van der Waals surface area contributed by atoms with Crippen LogP contribution in [0.25, 0.3) is 0 Å². The zero-order chi connectivity index (χ0) is 9.97. The third kappa shape index (κ3) is 2.25. The van der Waals surface area contributed by atoms with Gasteiger partial charge in [-0.05, 0) is 26.3 Å². The van der Waals surface area contributed by atoms with Crippen LogP contribution >= 0.6 is 0 Å². The van der Waals surface area contributed by atoms with Crippen molar-refractivity contribution in [1.82, 2.24) is 10.2 Å². The van der Waals surface area contributed by atoms with E-state index in [2.05, 4.69) is 17.1 Å². The molecule has 4 heteroatoms. The van der Waals surface area contributed by atoms with E-state index in [1.165, 1.54) is 12.8 Å². The fraction of sp³-hybridized carbons (Fsp3) is 0.900. The van der Waals surface area contributed by atoms with Crippen molar-refractivity contribution in [3.63, 3.8) is 0 Å². The van der Waals surface area contributed by atoms with Gasteiger partial charge in [0.05, 0.1) is 6.54 Å². The molecular weight excluding hydrogens is 180 g/mol. The van der Waals surface area contributed by atoms with E-state index in [0.29, 0.717) is 25.2 Å². The lowest BCUT2D eigenvalue weighted by Gasteiger charge is -2.33. The van der Waals surface area contributed by atoms with Crippen LogP contribution in [0, 0.1) is 0 Å². The molecule has 14 heavy (non-hydrogen) atoms. The topological polar surface area (TPSA) is 41.6 Å². The van der Waals surface area contributed by atoms with Gasteiger partial charge in [-0.25, -0.2) is 0 Å². The molecule has 0 amide bonds. The van der Waals surface area contributed by atoms with Gasteiger partial charge in [0.25, 0.3) is 0 Å². The molecule has 0 spiro atoms. The van der Waals surface area contributed by atoms with E-state index >= 15 is 0 Å². The van der Waals surface area contributed by atoms with Crippen molar-refractivity contribution < 1.29 is 9.53 Å². The van der Waals surface area contributed by atoms with Crippen molar-refractivity contribution in [2.24, 2.45) is 0 Å². The minimum absolute atomic E-state index is 0.0823. The molecule has 2 fully saturated rings. The summed E-state index contributed by atoms with van der Waals surface area (Å²) in [6.45, 7) is 5.22. The van der Waals surface area contributed by atoms with Crippen LogP contribution in [-0.4, -0.2) is 49.2 Å². The van der Waals surface area contributed by atoms with Crippen LogP contribution in [0.2, 0.25) is 0 Å². The van der Waals surface area contributed by atoms with Gasteiger partial charge in [0.2, 0.25) is 0 Å². The molecule has 0 bridgehead atoms. The Labute approximate surface area is 84.6 Å². The average Bonchev–Trinajstić information content (AvgIpc) is 2.64. The molecule has 2 unspecified atom stereocenters. The summed E-state index contributed by atoms with van der Waals surface area (Å²) in [5.41, 5.74) is 0. The van der Waals surface area contributed by atoms with Crippen molar-refractivity contribution in [2.75, 3.05) is 26.2 Å². The normalized spacial score (nSPS) is 34.5. The minimum atomic E-state index is -0.0823. The van der Waals surface area contributed by atoms with Gasteiger partial charge in [-0.3, -0.25) is 9.69 Å². The molecule has 0 aromatic heterocycles. The summed E-state index contributed by atoms with van der Waals surface area (Å²) >= 11 is 0. The quantitative estimate of drug-likeness (QED) is 0.633. The molecule has 2 rings (SSSR count). The second kappa shape index (κ2) is 4.28. The number of esters is 1. The first-order valence-corrected chi connectivity index (χ1v) is 5.39. The van der Waals surface area contributed by atoms with Gasteiger partial charge in [0.1, 0.15) is 6.61 Å². The zero-order valence-corrected chi connectivity index (χ0v) is 8.66. The molecule has 0 aliphatic carbocycles. The Morgan fingerprint density at radius 2 is 2.50 bits per heavy atom. The van der Waals surface area contributed by atoms with Gasteiger partial charge in [-0.1, -0.05) is 0 Å².